The van der Waals surface area contributed by atoms with Gasteiger partial charge in [0.2, 0.25) is 0 Å². The van der Waals surface area contributed by atoms with Crippen molar-refractivity contribution in [3.8, 4) is 0 Å². The molecule has 0 aliphatic rings. The summed E-state index contributed by atoms with van der Waals surface area (Å²) >= 11 is 6.04. The molecule has 0 aliphatic carbocycles. The van der Waals surface area contributed by atoms with Crippen LogP contribution in [0.25, 0.3) is 0 Å². The summed E-state index contributed by atoms with van der Waals surface area (Å²) in [5.41, 5.74) is 3.17. The summed E-state index contributed by atoms with van der Waals surface area (Å²) < 4.78 is 0. The Morgan fingerprint density at radius 3 is 2.57 bits per heavy atom. The predicted molar refractivity (Wildman–Crippen MR) is 86.9 cm³/mol. The van der Waals surface area contributed by atoms with E-state index in [9.17, 15) is 0 Å². The van der Waals surface area contributed by atoms with E-state index >= 15 is 0 Å². The van der Waals surface area contributed by atoms with Gasteiger partial charge in [-0.1, -0.05) is 13.8 Å². The predicted octanol–water partition coefficient (Wildman–Crippen LogP) is 3.41. The van der Waals surface area contributed by atoms with Gasteiger partial charge in [0.05, 0.1) is 23.5 Å². The van der Waals surface area contributed by atoms with Crippen molar-refractivity contribution in [2.75, 3.05) is 18.5 Å². The number of hydrogen-bond donors (Lipinski definition) is 0. The molecule has 2 aromatic heterocycles. The maximum absolute atomic E-state index is 6.04. The Morgan fingerprint density at radius 2 is 1.95 bits per heavy atom. The van der Waals surface area contributed by atoms with E-state index in [-0.39, 0.29) is 0 Å². The van der Waals surface area contributed by atoms with Gasteiger partial charge in [-0.2, -0.15) is 0 Å². The van der Waals surface area contributed by atoms with Crippen LogP contribution in [0.3, 0.4) is 0 Å². The molecule has 112 valence electrons. The fourth-order valence-electron chi connectivity index (χ4n) is 2.09. The molecular formula is C16H21ClN4. The minimum atomic E-state index is 0.308. The quantitative estimate of drug-likeness (QED) is 0.767. The Kier molecular flexibility index (Phi) is 5.51. The first kappa shape index (κ1) is 15.7. The van der Waals surface area contributed by atoms with Crippen molar-refractivity contribution in [1.82, 2.24) is 15.0 Å². The zero-order valence-corrected chi connectivity index (χ0v) is 13.5. The number of aromatic nitrogens is 3. The third-order valence-electron chi connectivity index (χ3n) is 3.40. The van der Waals surface area contributed by atoms with Crippen LogP contribution < -0.4 is 4.90 Å². The number of pyridine rings is 1. The van der Waals surface area contributed by atoms with Gasteiger partial charge in [-0.25, -0.2) is 9.97 Å². The van der Waals surface area contributed by atoms with Gasteiger partial charge in [0.15, 0.2) is 0 Å². The van der Waals surface area contributed by atoms with Crippen LogP contribution in [-0.4, -0.2) is 28.5 Å². The number of hydrogen-bond acceptors (Lipinski definition) is 4. The molecule has 2 heterocycles. The van der Waals surface area contributed by atoms with Crippen molar-refractivity contribution >= 4 is 17.3 Å². The van der Waals surface area contributed by atoms with Crippen LogP contribution in [-0.2, 0) is 12.3 Å². The fraction of sp³-hybridized carbons (Fsp3) is 0.438. The summed E-state index contributed by atoms with van der Waals surface area (Å²) in [5, 5.41) is 0. The minimum Gasteiger partial charge on any atom is -0.372 e. The zero-order valence-electron chi connectivity index (χ0n) is 12.8. The second-order valence-corrected chi connectivity index (χ2v) is 5.64. The first-order chi connectivity index (χ1) is 10.1. The molecule has 0 aromatic carbocycles. The number of rotatable bonds is 6. The molecule has 0 N–H and O–H groups in total. The van der Waals surface area contributed by atoms with Gasteiger partial charge >= 0.3 is 0 Å². The minimum absolute atomic E-state index is 0.308. The molecule has 0 radical (unpaired) electrons. The maximum atomic E-state index is 6.04. The molecule has 0 bridgehead atoms. The van der Waals surface area contributed by atoms with Crippen LogP contribution in [0.5, 0.6) is 0 Å². The summed E-state index contributed by atoms with van der Waals surface area (Å²) in [6.45, 7) is 5.05. The molecule has 2 rings (SSSR count). The third kappa shape index (κ3) is 4.14. The number of likely N-dealkylation sites (N-methyl/N-ethyl adjacent to an activating group) is 1. The maximum Gasteiger partial charge on any atom is 0.131 e. The molecule has 0 unspecified atom stereocenters. The molecule has 4 nitrogen and oxygen atoms in total. The summed E-state index contributed by atoms with van der Waals surface area (Å²) in [6.07, 6.45) is 6.47. The van der Waals surface area contributed by atoms with E-state index in [1.807, 2.05) is 37.8 Å². The van der Waals surface area contributed by atoms with Gasteiger partial charge in [-0.15, -0.1) is 11.6 Å². The highest BCUT2D eigenvalue weighted by molar-refractivity contribution is 6.17. The first-order valence-corrected chi connectivity index (χ1v) is 7.67. The molecule has 5 heteroatoms. The van der Waals surface area contributed by atoms with Crippen molar-refractivity contribution in [2.45, 2.75) is 32.1 Å². The molecule has 0 amide bonds. The lowest BCUT2D eigenvalue weighted by molar-refractivity contribution is 0.757. The molecule has 0 aliphatic heterocycles. The van der Waals surface area contributed by atoms with Crippen molar-refractivity contribution in [3.05, 3.63) is 47.8 Å². The van der Waals surface area contributed by atoms with E-state index in [1.54, 1.807) is 0 Å². The lowest BCUT2D eigenvalue weighted by atomic mass is 10.2. The van der Waals surface area contributed by atoms with Gasteiger partial charge in [0.1, 0.15) is 5.82 Å². The van der Waals surface area contributed by atoms with Crippen molar-refractivity contribution in [2.24, 2.45) is 0 Å². The highest BCUT2D eigenvalue weighted by Gasteiger charge is 2.12. The average Bonchev–Trinajstić information content (AvgIpc) is 2.52. The smallest absolute Gasteiger partial charge is 0.131 e. The van der Waals surface area contributed by atoms with Gasteiger partial charge in [-0.05, 0) is 24.1 Å². The standard InChI is InChI=1S/C16H21ClN4/c1-12(2)16-19-11-15(14(10-17)20-16)21(3)9-6-13-4-7-18-8-5-13/h4-5,7-8,11-12H,6,9-10H2,1-3H3. The molecule has 0 saturated carbocycles. The van der Waals surface area contributed by atoms with E-state index in [0.29, 0.717) is 11.8 Å². The van der Waals surface area contributed by atoms with Crippen molar-refractivity contribution in [3.63, 3.8) is 0 Å². The molecule has 2 aromatic rings. The van der Waals surface area contributed by atoms with Gasteiger partial charge < -0.3 is 4.90 Å². The van der Waals surface area contributed by atoms with E-state index in [1.165, 1.54) is 5.56 Å². The van der Waals surface area contributed by atoms with Gasteiger partial charge in [-0.3, -0.25) is 4.98 Å². The Hall–Kier alpha value is -1.68. The topological polar surface area (TPSA) is 41.9 Å². The first-order valence-electron chi connectivity index (χ1n) is 7.13. The van der Waals surface area contributed by atoms with Crippen LogP contribution in [0.1, 0.15) is 36.8 Å². The van der Waals surface area contributed by atoms with E-state index in [2.05, 4.69) is 33.7 Å². The Balaban J connectivity index is 2.09. The molecule has 0 fully saturated rings. The summed E-state index contributed by atoms with van der Waals surface area (Å²) in [7, 11) is 2.05. The monoisotopic (exact) mass is 304 g/mol. The highest BCUT2D eigenvalue weighted by Crippen LogP contribution is 2.21. The van der Waals surface area contributed by atoms with Gasteiger partial charge in [0, 0.05) is 31.9 Å². The fourth-order valence-corrected chi connectivity index (χ4v) is 2.28. The van der Waals surface area contributed by atoms with Crippen LogP contribution in [0.2, 0.25) is 0 Å². The number of alkyl halides is 1. The lowest BCUT2D eigenvalue weighted by Gasteiger charge is -2.21. The summed E-state index contributed by atoms with van der Waals surface area (Å²) in [6, 6.07) is 4.07. The van der Waals surface area contributed by atoms with Crippen molar-refractivity contribution < 1.29 is 0 Å². The van der Waals surface area contributed by atoms with Crippen LogP contribution in [0.4, 0.5) is 5.69 Å². The lowest BCUT2D eigenvalue weighted by Crippen LogP contribution is -2.22. The van der Waals surface area contributed by atoms with Crippen LogP contribution in [0, 0.1) is 0 Å². The normalized spacial score (nSPS) is 10.9. The second-order valence-electron chi connectivity index (χ2n) is 5.38. The van der Waals surface area contributed by atoms with E-state index < -0.39 is 0 Å². The van der Waals surface area contributed by atoms with Crippen LogP contribution >= 0.6 is 11.6 Å². The molecule has 0 atom stereocenters. The van der Waals surface area contributed by atoms with Crippen LogP contribution in [0.15, 0.2) is 30.7 Å². The average molecular weight is 305 g/mol. The largest absolute Gasteiger partial charge is 0.372 e. The summed E-state index contributed by atoms with van der Waals surface area (Å²) in [4.78, 5) is 15.2. The van der Waals surface area contributed by atoms with E-state index in [4.69, 9.17) is 11.6 Å². The van der Waals surface area contributed by atoms with E-state index in [0.717, 1.165) is 30.2 Å². The Labute approximate surface area is 131 Å². The highest BCUT2D eigenvalue weighted by atomic mass is 35.5. The van der Waals surface area contributed by atoms with Crippen molar-refractivity contribution in [1.29, 1.82) is 0 Å². The second kappa shape index (κ2) is 7.36. The Bertz CT molecular complexity index is 572. The summed E-state index contributed by atoms with van der Waals surface area (Å²) in [5.74, 6) is 1.55. The third-order valence-corrected chi connectivity index (χ3v) is 3.66. The molecule has 21 heavy (non-hydrogen) atoms. The number of nitrogens with zero attached hydrogens (tertiary/aromatic N) is 4. The molecule has 0 saturated heterocycles. The number of halogens is 1. The molecule has 0 spiro atoms. The zero-order chi connectivity index (χ0) is 15.2. The molecular weight excluding hydrogens is 284 g/mol. The number of anilines is 1. The van der Waals surface area contributed by atoms with Gasteiger partial charge in [0.25, 0.3) is 0 Å². The Morgan fingerprint density at radius 1 is 1.24 bits per heavy atom. The SMILES string of the molecule is CC(C)c1ncc(N(C)CCc2ccncc2)c(CCl)n1.